The van der Waals surface area contributed by atoms with Gasteiger partial charge in [-0.15, -0.1) is 10.2 Å². The number of hydrogen-bond acceptors (Lipinski definition) is 6. The Kier molecular flexibility index (Phi) is 9.73. The largest absolute Gasteiger partial charge is 0.382 e. The Hall–Kier alpha value is -2.20. The molecule has 2 aliphatic heterocycles. The highest BCUT2D eigenvalue weighted by atomic mass is 16.5. The number of aryl methyl sites for hydroxylation is 1. The smallest absolute Gasteiger partial charge is 0.236 e. The summed E-state index contributed by atoms with van der Waals surface area (Å²) in [4.78, 5) is 24.0. The molecule has 1 aromatic heterocycles. The van der Waals surface area contributed by atoms with Gasteiger partial charge in [0, 0.05) is 66.1 Å². The number of piperidine rings is 1. The van der Waals surface area contributed by atoms with Crippen molar-refractivity contribution < 1.29 is 9.53 Å². The third kappa shape index (κ3) is 7.16. The lowest BCUT2D eigenvalue weighted by atomic mass is 10.1. The van der Waals surface area contributed by atoms with E-state index in [0.29, 0.717) is 13.1 Å². The second-order valence-corrected chi connectivity index (χ2v) is 8.54. The molecule has 0 radical (unpaired) electrons. The van der Waals surface area contributed by atoms with Crippen molar-refractivity contribution in [3.8, 4) is 0 Å². The van der Waals surface area contributed by atoms with Gasteiger partial charge in [-0.05, 0) is 39.5 Å². The Bertz CT molecular complexity index is 736. The molecule has 0 unspecified atom stereocenters. The maximum atomic E-state index is 12.6. The normalized spacial score (nSPS) is 18.3. The molecule has 3 rings (SSSR count). The molecule has 1 amide bonds. The van der Waals surface area contributed by atoms with Crippen LogP contribution in [-0.4, -0.2) is 107 Å². The Balaban J connectivity index is 1.52. The van der Waals surface area contributed by atoms with E-state index in [1.807, 2.05) is 30.4 Å². The molecule has 32 heavy (non-hydrogen) atoms. The predicted octanol–water partition coefficient (Wildman–Crippen LogP) is 0.626. The molecular weight excluding hydrogens is 408 g/mol. The van der Waals surface area contributed by atoms with E-state index in [9.17, 15) is 4.79 Å². The topological polar surface area (TPSA) is 91.1 Å². The Morgan fingerprint density at radius 1 is 1.06 bits per heavy atom. The number of nitrogens with zero attached hydrogens (tertiary/aromatic N) is 7. The van der Waals surface area contributed by atoms with Crippen molar-refractivity contribution in [1.29, 1.82) is 0 Å². The summed E-state index contributed by atoms with van der Waals surface area (Å²) >= 11 is 0. The first kappa shape index (κ1) is 24.4. The fraction of sp³-hybridized carbons (Fsp3) is 0.818. The molecule has 10 nitrogen and oxygen atoms in total. The summed E-state index contributed by atoms with van der Waals surface area (Å²) in [6.07, 6.45) is 4.45. The van der Waals surface area contributed by atoms with Gasteiger partial charge in [0.25, 0.3) is 0 Å². The van der Waals surface area contributed by atoms with Crippen molar-refractivity contribution in [3.05, 3.63) is 11.6 Å². The summed E-state index contributed by atoms with van der Waals surface area (Å²) in [5.41, 5.74) is 0. The monoisotopic (exact) mass is 448 g/mol. The zero-order valence-electron chi connectivity index (χ0n) is 20.1. The Labute approximate surface area is 192 Å². The van der Waals surface area contributed by atoms with Gasteiger partial charge in [0.1, 0.15) is 12.4 Å². The van der Waals surface area contributed by atoms with E-state index in [0.717, 1.165) is 95.9 Å². The number of nitrogens with one attached hydrogen (secondary N) is 1. The van der Waals surface area contributed by atoms with Crippen LogP contribution in [0.2, 0.25) is 0 Å². The minimum Gasteiger partial charge on any atom is -0.382 e. The van der Waals surface area contributed by atoms with Crippen LogP contribution in [0.3, 0.4) is 0 Å². The first-order valence-corrected chi connectivity index (χ1v) is 12.0. The van der Waals surface area contributed by atoms with Crippen LogP contribution in [0.15, 0.2) is 4.99 Å². The van der Waals surface area contributed by atoms with Gasteiger partial charge in [-0.1, -0.05) is 0 Å². The number of carbonyl (C=O) groups excluding carboxylic acids is 1. The summed E-state index contributed by atoms with van der Waals surface area (Å²) in [6, 6.07) is 0. The van der Waals surface area contributed by atoms with Gasteiger partial charge >= 0.3 is 0 Å². The standard InChI is InChI=1S/C22H40N8O2/c1-4-32-16-8-9-23-22(24-17-20-26-25-19(2)27(20)3)30-14-12-28(13-15-30)18-21(31)29-10-6-5-7-11-29/h4-18H2,1-3H3,(H,23,24). The molecule has 2 aliphatic rings. The Morgan fingerprint density at radius 3 is 2.47 bits per heavy atom. The van der Waals surface area contributed by atoms with E-state index in [-0.39, 0.29) is 5.91 Å². The zero-order chi connectivity index (χ0) is 22.8. The molecule has 0 bridgehead atoms. The van der Waals surface area contributed by atoms with Crippen LogP contribution < -0.4 is 5.32 Å². The van der Waals surface area contributed by atoms with Gasteiger partial charge in [-0.2, -0.15) is 0 Å². The zero-order valence-corrected chi connectivity index (χ0v) is 20.1. The van der Waals surface area contributed by atoms with Crippen LogP contribution in [0.4, 0.5) is 0 Å². The second kappa shape index (κ2) is 12.7. The molecule has 0 saturated carbocycles. The first-order chi connectivity index (χ1) is 15.6. The quantitative estimate of drug-likeness (QED) is 0.337. The van der Waals surface area contributed by atoms with E-state index in [4.69, 9.17) is 9.73 Å². The van der Waals surface area contributed by atoms with Crippen molar-refractivity contribution in [2.45, 2.75) is 46.1 Å². The van der Waals surface area contributed by atoms with Crippen molar-refractivity contribution in [2.75, 3.05) is 65.6 Å². The van der Waals surface area contributed by atoms with Gasteiger partial charge in [-0.25, -0.2) is 4.99 Å². The van der Waals surface area contributed by atoms with Crippen molar-refractivity contribution in [1.82, 2.24) is 34.8 Å². The van der Waals surface area contributed by atoms with E-state index < -0.39 is 0 Å². The predicted molar refractivity (Wildman–Crippen MR) is 124 cm³/mol. The second-order valence-electron chi connectivity index (χ2n) is 8.54. The SMILES string of the molecule is CCOCCCNC(=NCc1nnc(C)n1C)N1CCN(CC(=O)N2CCCCC2)CC1. The van der Waals surface area contributed by atoms with Crippen LogP contribution in [0.1, 0.15) is 44.3 Å². The van der Waals surface area contributed by atoms with E-state index in [2.05, 4.69) is 25.3 Å². The highest BCUT2D eigenvalue weighted by Crippen LogP contribution is 2.10. The molecule has 2 saturated heterocycles. The lowest BCUT2D eigenvalue weighted by Crippen LogP contribution is -2.54. The number of aliphatic imine (C=N–C) groups is 1. The third-order valence-corrected chi connectivity index (χ3v) is 6.25. The van der Waals surface area contributed by atoms with Gasteiger partial charge in [0.15, 0.2) is 11.8 Å². The van der Waals surface area contributed by atoms with Crippen LogP contribution in [0.25, 0.3) is 0 Å². The van der Waals surface area contributed by atoms with Crippen molar-refractivity contribution in [3.63, 3.8) is 0 Å². The molecule has 0 atom stereocenters. The molecule has 1 N–H and O–H groups in total. The number of aromatic nitrogens is 3. The fourth-order valence-corrected chi connectivity index (χ4v) is 4.07. The maximum Gasteiger partial charge on any atom is 0.236 e. The maximum absolute atomic E-state index is 12.6. The summed E-state index contributed by atoms with van der Waals surface area (Å²) in [5, 5.41) is 11.9. The minimum atomic E-state index is 0.277. The summed E-state index contributed by atoms with van der Waals surface area (Å²) in [6.45, 7) is 12.5. The summed E-state index contributed by atoms with van der Waals surface area (Å²) in [5.74, 6) is 2.90. The fourth-order valence-electron chi connectivity index (χ4n) is 4.07. The number of rotatable bonds is 9. The molecule has 3 heterocycles. The van der Waals surface area contributed by atoms with Gasteiger partial charge in [-0.3, -0.25) is 9.69 Å². The lowest BCUT2D eigenvalue weighted by Gasteiger charge is -2.37. The molecule has 180 valence electrons. The van der Waals surface area contributed by atoms with E-state index in [1.54, 1.807) is 0 Å². The van der Waals surface area contributed by atoms with Gasteiger partial charge in [0.2, 0.25) is 5.91 Å². The number of ether oxygens (including phenoxy) is 1. The highest BCUT2D eigenvalue weighted by Gasteiger charge is 2.24. The van der Waals surface area contributed by atoms with Crippen molar-refractivity contribution >= 4 is 11.9 Å². The third-order valence-electron chi connectivity index (χ3n) is 6.25. The minimum absolute atomic E-state index is 0.277. The summed E-state index contributed by atoms with van der Waals surface area (Å²) < 4.78 is 7.42. The van der Waals surface area contributed by atoms with Crippen LogP contribution in [0.5, 0.6) is 0 Å². The van der Waals surface area contributed by atoms with Gasteiger partial charge < -0.3 is 24.4 Å². The van der Waals surface area contributed by atoms with E-state index in [1.165, 1.54) is 6.42 Å². The van der Waals surface area contributed by atoms with Crippen LogP contribution in [0, 0.1) is 6.92 Å². The van der Waals surface area contributed by atoms with E-state index >= 15 is 0 Å². The molecule has 0 aromatic carbocycles. The molecular formula is C22H40N8O2. The number of carbonyl (C=O) groups is 1. The molecule has 0 aliphatic carbocycles. The van der Waals surface area contributed by atoms with Gasteiger partial charge in [0.05, 0.1) is 6.54 Å². The Morgan fingerprint density at radius 2 is 1.81 bits per heavy atom. The van der Waals surface area contributed by atoms with Crippen LogP contribution >= 0.6 is 0 Å². The number of likely N-dealkylation sites (tertiary alicyclic amines) is 1. The lowest BCUT2D eigenvalue weighted by molar-refractivity contribution is -0.133. The van der Waals surface area contributed by atoms with Crippen LogP contribution in [-0.2, 0) is 23.1 Å². The number of piperazine rings is 1. The number of guanidine groups is 1. The number of amides is 1. The molecule has 1 aromatic rings. The summed E-state index contributed by atoms with van der Waals surface area (Å²) in [7, 11) is 1.97. The average Bonchev–Trinajstić information content (AvgIpc) is 3.14. The average molecular weight is 449 g/mol. The van der Waals surface area contributed by atoms with Crippen molar-refractivity contribution in [2.24, 2.45) is 12.0 Å². The molecule has 10 heteroatoms. The highest BCUT2D eigenvalue weighted by molar-refractivity contribution is 5.80. The number of hydrogen-bond donors (Lipinski definition) is 1. The molecule has 0 spiro atoms. The molecule has 2 fully saturated rings. The first-order valence-electron chi connectivity index (χ1n) is 12.0.